The zero-order valence-electron chi connectivity index (χ0n) is 12.9. The van der Waals surface area contributed by atoms with E-state index in [0.717, 1.165) is 12.8 Å². The Kier molecular flexibility index (Phi) is 3.57. The Bertz CT molecular complexity index is 831. The lowest BCUT2D eigenvalue weighted by molar-refractivity contribution is -0.140. The molecule has 0 spiro atoms. The van der Waals surface area contributed by atoms with Crippen LogP contribution >= 0.6 is 11.6 Å². The number of hydrogen-bond donors (Lipinski definition) is 1. The molecular formula is C19H16ClNO3. The van der Waals surface area contributed by atoms with Gasteiger partial charge in [0, 0.05) is 16.6 Å². The van der Waals surface area contributed by atoms with Gasteiger partial charge in [0.25, 0.3) is 5.91 Å². The third-order valence-electron chi connectivity index (χ3n) is 4.81. The lowest BCUT2D eigenvalue weighted by Gasteiger charge is -2.41. The van der Waals surface area contributed by atoms with E-state index in [9.17, 15) is 14.7 Å². The van der Waals surface area contributed by atoms with Crippen LogP contribution in [0.2, 0.25) is 5.02 Å². The maximum absolute atomic E-state index is 13.1. The number of nitrogens with zero attached hydrogens (tertiary/aromatic N) is 1. The lowest BCUT2D eigenvalue weighted by atomic mass is 9.79. The zero-order valence-corrected chi connectivity index (χ0v) is 13.6. The highest BCUT2D eigenvalue weighted by Gasteiger charge is 2.49. The fourth-order valence-electron chi connectivity index (χ4n) is 3.62. The highest BCUT2D eigenvalue weighted by Crippen LogP contribution is 2.48. The molecule has 1 N–H and O–H groups in total. The molecule has 0 saturated heterocycles. The molecule has 1 amide bonds. The van der Waals surface area contributed by atoms with Gasteiger partial charge in [0.2, 0.25) is 0 Å². The number of aliphatic carboxylic acids is 1. The second-order valence-corrected chi connectivity index (χ2v) is 6.72. The SMILES string of the molecule is O=C(O)[C@@H]1c2ccccc2C(=O)N(C2CC2)[C@H]1c1ccccc1Cl. The minimum atomic E-state index is -0.939. The van der Waals surface area contributed by atoms with Gasteiger partial charge in [-0.3, -0.25) is 9.59 Å². The number of rotatable bonds is 3. The summed E-state index contributed by atoms with van der Waals surface area (Å²) in [6.07, 6.45) is 1.81. The summed E-state index contributed by atoms with van der Waals surface area (Å²) in [6.45, 7) is 0. The van der Waals surface area contributed by atoms with Crippen LogP contribution in [0.1, 0.15) is 46.3 Å². The molecule has 0 aromatic heterocycles. The Morgan fingerprint density at radius 2 is 1.67 bits per heavy atom. The van der Waals surface area contributed by atoms with Gasteiger partial charge >= 0.3 is 5.97 Å². The van der Waals surface area contributed by atoms with Crippen molar-refractivity contribution in [3.8, 4) is 0 Å². The zero-order chi connectivity index (χ0) is 16.8. The van der Waals surface area contributed by atoms with E-state index in [1.54, 1.807) is 35.2 Å². The van der Waals surface area contributed by atoms with Gasteiger partial charge in [0.1, 0.15) is 5.92 Å². The Morgan fingerprint density at radius 3 is 2.29 bits per heavy atom. The topological polar surface area (TPSA) is 57.6 Å². The predicted molar refractivity (Wildman–Crippen MR) is 90.2 cm³/mol. The second-order valence-electron chi connectivity index (χ2n) is 6.31. The quantitative estimate of drug-likeness (QED) is 0.922. The molecule has 2 aromatic rings. The molecule has 1 heterocycles. The number of carbonyl (C=O) groups is 2. The standard InChI is InChI=1S/C19H16ClNO3/c20-15-8-4-3-7-14(15)17-16(19(23)24)12-5-1-2-6-13(12)18(22)21(17)11-9-10-11/h1-8,11,16-17H,9-10H2,(H,23,24)/t16-,17+/m1/s1. The predicted octanol–water partition coefficient (Wildman–Crippen LogP) is 3.87. The van der Waals surface area contributed by atoms with Gasteiger partial charge in [0.05, 0.1) is 6.04 Å². The minimum Gasteiger partial charge on any atom is -0.481 e. The van der Waals surface area contributed by atoms with Crippen LogP contribution in [0.25, 0.3) is 0 Å². The first-order valence-electron chi connectivity index (χ1n) is 7.98. The van der Waals surface area contributed by atoms with Crippen molar-refractivity contribution in [2.75, 3.05) is 0 Å². The number of amides is 1. The Morgan fingerprint density at radius 1 is 1.04 bits per heavy atom. The van der Waals surface area contributed by atoms with Crippen molar-refractivity contribution >= 4 is 23.5 Å². The van der Waals surface area contributed by atoms with Gasteiger partial charge in [-0.05, 0) is 36.1 Å². The van der Waals surface area contributed by atoms with Gasteiger partial charge in [-0.2, -0.15) is 0 Å². The highest BCUT2D eigenvalue weighted by molar-refractivity contribution is 6.31. The monoisotopic (exact) mass is 341 g/mol. The fraction of sp³-hybridized carbons (Fsp3) is 0.263. The molecule has 0 radical (unpaired) electrons. The van der Waals surface area contributed by atoms with E-state index >= 15 is 0 Å². The summed E-state index contributed by atoms with van der Waals surface area (Å²) in [7, 11) is 0. The molecule has 0 bridgehead atoms. The van der Waals surface area contributed by atoms with Crippen molar-refractivity contribution in [3.63, 3.8) is 0 Å². The first-order chi connectivity index (χ1) is 11.6. The van der Waals surface area contributed by atoms with E-state index in [1.807, 2.05) is 18.2 Å². The smallest absolute Gasteiger partial charge is 0.313 e. The summed E-state index contributed by atoms with van der Waals surface area (Å²) in [5, 5.41) is 10.4. The summed E-state index contributed by atoms with van der Waals surface area (Å²) in [5.41, 5.74) is 1.75. The fourth-order valence-corrected chi connectivity index (χ4v) is 3.86. The van der Waals surface area contributed by atoms with Crippen LogP contribution in [0.15, 0.2) is 48.5 Å². The van der Waals surface area contributed by atoms with Crippen LogP contribution in [-0.2, 0) is 4.79 Å². The van der Waals surface area contributed by atoms with Crippen LogP contribution in [0, 0.1) is 0 Å². The van der Waals surface area contributed by atoms with Crippen molar-refractivity contribution in [2.24, 2.45) is 0 Å². The van der Waals surface area contributed by atoms with Crippen molar-refractivity contribution in [2.45, 2.75) is 30.8 Å². The first-order valence-corrected chi connectivity index (χ1v) is 8.36. The van der Waals surface area contributed by atoms with Crippen molar-refractivity contribution in [1.29, 1.82) is 0 Å². The largest absolute Gasteiger partial charge is 0.481 e. The second kappa shape index (κ2) is 5.64. The Balaban J connectivity index is 1.95. The number of fused-ring (bicyclic) bond motifs is 1. The Hall–Kier alpha value is -2.33. The van der Waals surface area contributed by atoms with E-state index in [1.165, 1.54) is 0 Å². The number of carbonyl (C=O) groups excluding carboxylic acids is 1. The molecule has 5 heteroatoms. The van der Waals surface area contributed by atoms with E-state index in [4.69, 9.17) is 11.6 Å². The van der Waals surface area contributed by atoms with Gasteiger partial charge in [-0.25, -0.2) is 0 Å². The average Bonchev–Trinajstić information content (AvgIpc) is 3.39. The van der Waals surface area contributed by atoms with Crippen LogP contribution < -0.4 is 0 Å². The maximum atomic E-state index is 13.1. The molecule has 1 aliphatic carbocycles. The molecule has 24 heavy (non-hydrogen) atoms. The highest BCUT2D eigenvalue weighted by atomic mass is 35.5. The summed E-state index contributed by atoms with van der Waals surface area (Å²) in [6, 6.07) is 13.7. The van der Waals surface area contributed by atoms with Crippen LogP contribution in [0.4, 0.5) is 0 Å². The molecule has 2 aromatic carbocycles. The summed E-state index contributed by atoms with van der Waals surface area (Å²) >= 11 is 6.36. The van der Waals surface area contributed by atoms with Gasteiger partial charge in [0.15, 0.2) is 0 Å². The number of halogens is 1. The average molecular weight is 342 g/mol. The Labute approximate surface area is 144 Å². The molecule has 0 unspecified atom stereocenters. The van der Waals surface area contributed by atoms with E-state index < -0.39 is 17.9 Å². The first kappa shape index (κ1) is 15.2. The summed E-state index contributed by atoms with van der Waals surface area (Å²) < 4.78 is 0. The molecule has 1 fully saturated rings. The number of hydrogen-bond acceptors (Lipinski definition) is 2. The maximum Gasteiger partial charge on any atom is 0.313 e. The van der Waals surface area contributed by atoms with Crippen LogP contribution in [-0.4, -0.2) is 27.9 Å². The summed E-state index contributed by atoms with van der Waals surface area (Å²) in [4.78, 5) is 26.9. The van der Waals surface area contributed by atoms with E-state index in [2.05, 4.69) is 0 Å². The molecule has 2 atom stereocenters. The molecule has 1 saturated carbocycles. The van der Waals surface area contributed by atoms with Crippen LogP contribution in [0.5, 0.6) is 0 Å². The van der Waals surface area contributed by atoms with E-state index in [-0.39, 0.29) is 11.9 Å². The summed E-state index contributed by atoms with van der Waals surface area (Å²) in [5.74, 6) is -1.86. The number of carboxylic acid groups (broad SMARTS) is 1. The van der Waals surface area contributed by atoms with Crippen LogP contribution in [0.3, 0.4) is 0 Å². The van der Waals surface area contributed by atoms with Gasteiger partial charge in [-0.15, -0.1) is 0 Å². The van der Waals surface area contributed by atoms with Crippen molar-refractivity contribution in [3.05, 3.63) is 70.2 Å². The molecule has 4 rings (SSSR count). The molecule has 4 nitrogen and oxygen atoms in total. The third-order valence-corrected chi connectivity index (χ3v) is 5.15. The normalized spacial score (nSPS) is 23.0. The number of benzene rings is 2. The van der Waals surface area contributed by atoms with E-state index in [0.29, 0.717) is 21.7 Å². The number of carboxylic acids is 1. The molecular weight excluding hydrogens is 326 g/mol. The van der Waals surface area contributed by atoms with Gasteiger partial charge in [-0.1, -0.05) is 48.0 Å². The van der Waals surface area contributed by atoms with Crippen molar-refractivity contribution < 1.29 is 14.7 Å². The third kappa shape index (κ3) is 2.29. The van der Waals surface area contributed by atoms with Crippen molar-refractivity contribution in [1.82, 2.24) is 4.90 Å². The minimum absolute atomic E-state index is 0.0916. The molecule has 122 valence electrons. The lowest BCUT2D eigenvalue weighted by Crippen LogP contribution is -2.46. The molecule has 2 aliphatic rings. The van der Waals surface area contributed by atoms with Gasteiger partial charge < -0.3 is 10.0 Å². The molecule has 1 aliphatic heterocycles.